The molecule has 0 saturated carbocycles. The van der Waals surface area contributed by atoms with Gasteiger partial charge in [-0.1, -0.05) is 50.1 Å². The predicted molar refractivity (Wildman–Crippen MR) is 103 cm³/mol. The van der Waals surface area contributed by atoms with E-state index in [1.54, 1.807) is 24.3 Å². The van der Waals surface area contributed by atoms with Crippen molar-refractivity contribution in [3.8, 4) is 0 Å². The number of nitrogens with two attached hydrogens (primary N) is 1. The average molecular weight is 398 g/mol. The summed E-state index contributed by atoms with van der Waals surface area (Å²) in [7, 11) is -3.56. The van der Waals surface area contributed by atoms with Crippen LogP contribution in [0.3, 0.4) is 0 Å². The number of hydrogen-bond donors (Lipinski definition) is 4. The third-order valence-corrected chi connectivity index (χ3v) is 5.02. The molecule has 27 heavy (non-hydrogen) atoms. The predicted octanol–water partition coefficient (Wildman–Crippen LogP) is 0.223. The summed E-state index contributed by atoms with van der Waals surface area (Å²) >= 11 is 0. The van der Waals surface area contributed by atoms with Crippen molar-refractivity contribution < 1.29 is 23.1 Å². The molecule has 150 valence electrons. The van der Waals surface area contributed by atoms with Crippen molar-refractivity contribution >= 4 is 27.9 Å². The molecule has 0 saturated heterocycles. The van der Waals surface area contributed by atoms with Gasteiger partial charge in [0.1, 0.15) is 6.04 Å². The molecule has 0 aliphatic carbocycles. The van der Waals surface area contributed by atoms with E-state index in [2.05, 4.69) is 15.0 Å². The maximum Gasteiger partial charge on any atom is 0.326 e. The van der Waals surface area contributed by atoms with Gasteiger partial charge in [-0.25, -0.2) is 17.9 Å². The van der Waals surface area contributed by atoms with Crippen LogP contribution in [0.15, 0.2) is 35.3 Å². The minimum absolute atomic E-state index is 0.0657. The highest BCUT2D eigenvalue weighted by molar-refractivity contribution is 7.89. The molecule has 10 heteroatoms. The van der Waals surface area contributed by atoms with Gasteiger partial charge in [-0.2, -0.15) is 4.99 Å². The molecule has 0 bridgehead atoms. The van der Waals surface area contributed by atoms with E-state index in [1.165, 1.54) is 0 Å². The van der Waals surface area contributed by atoms with Gasteiger partial charge in [-0.05, 0) is 12.0 Å². The maximum absolute atomic E-state index is 11.8. The molecule has 1 atom stereocenters. The number of sulfonamides is 1. The summed E-state index contributed by atoms with van der Waals surface area (Å²) < 4.78 is 25.6. The number of nitrogens with zero attached hydrogens (tertiary/aromatic N) is 1. The van der Waals surface area contributed by atoms with Crippen LogP contribution in [0, 0.1) is 0 Å². The first-order valence-corrected chi connectivity index (χ1v) is 10.3. The zero-order valence-corrected chi connectivity index (χ0v) is 16.0. The molecule has 0 heterocycles. The van der Waals surface area contributed by atoms with Crippen molar-refractivity contribution in [1.82, 2.24) is 10.0 Å². The number of hydrogen-bond acceptors (Lipinski definition) is 4. The van der Waals surface area contributed by atoms with Crippen molar-refractivity contribution in [2.45, 2.75) is 38.6 Å². The van der Waals surface area contributed by atoms with Crippen molar-refractivity contribution in [3.63, 3.8) is 0 Å². The molecule has 1 aromatic rings. The third kappa shape index (κ3) is 9.71. The van der Waals surface area contributed by atoms with Crippen LogP contribution in [0.4, 0.5) is 0 Å². The van der Waals surface area contributed by atoms with Crippen LogP contribution in [0.5, 0.6) is 0 Å². The fourth-order valence-corrected chi connectivity index (χ4v) is 3.29. The lowest BCUT2D eigenvalue weighted by molar-refractivity contribution is -0.139. The Morgan fingerprint density at radius 2 is 1.89 bits per heavy atom. The number of benzene rings is 1. The van der Waals surface area contributed by atoms with Crippen LogP contribution >= 0.6 is 0 Å². The Kier molecular flexibility index (Phi) is 9.45. The molecule has 1 rings (SSSR count). The van der Waals surface area contributed by atoms with E-state index in [0.29, 0.717) is 6.42 Å². The van der Waals surface area contributed by atoms with Crippen LogP contribution in [0.1, 0.15) is 31.7 Å². The van der Waals surface area contributed by atoms with E-state index in [9.17, 15) is 23.1 Å². The Hall–Kier alpha value is -2.46. The molecule has 0 aromatic heterocycles. The molecule has 0 fully saturated rings. The normalized spacial score (nSPS) is 13.1. The Bertz CT molecular complexity index is 750. The minimum atomic E-state index is -3.56. The smallest absolute Gasteiger partial charge is 0.326 e. The van der Waals surface area contributed by atoms with E-state index in [1.807, 2.05) is 13.0 Å². The number of carbonyl (C=O) groups is 2. The maximum atomic E-state index is 11.8. The number of rotatable bonds is 11. The molecule has 1 amide bonds. The highest BCUT2D eigenvalue weighted by atomic mass is 32.2. The standard InChI is InChI=1S/C17H26N4O5S/c1-2-3-7-10-27(25,26)19-12-15(22)21-17(18)20-14(16(23)24)11-13-8-5-4-6-9-13/h4-6,8-9,14,19H,2-3,7,10-12H2,1H3,(H,23,24)(H3,18,20,21,22)/t14-/m0/s1. The molecule has 1 aromatic carbocycles. The Morgan fingerprint density at radius 1 is 1.22 bits per heavy atom. The summed E-state index contributed by atoms with van der Waals surface area (Å²) in [5.41, 5.74) is 6.36. The first kappa shape index (κ1) is 22.6. The summed E-state index contributed by atoms with van der Waals surface area (Å²) in [5, 5.41) is 11.7. The molecule has 0 spiro atoms. The van der Waals surface area contributed by atoms with E-state index < -0.39 is 34.5 Å². The van der Waals surface area contributed by atoms with Crippen LogP contribution in [-0.2, 0) is 26.0 Å². The van der Waals surface area contributed by atoms with E-state index in [0.717, 1.165) is 18.4 Å². The highest BCUT2D eigenvalue weighted by Crippen LogP contribution is 2.03. The van der Waals surface area contributed by atoms with Crippen LogP contribution in [0.2, 0.25) is 0 Å². The first-order chi connectivity index (χ1) is 12.7. The van der Waals surface area contributed by atoms with Crippen molar-refractivity contribution in [2.24, 2.45) is 10.7 Å². The van der Waals surface area contributed by atoms with Crippen LogP contribution in [0.25, 0.3) is 0 Å². The molecule has 9 nitrogen and oxygen atoms in total. The summed E-state index contributed by atoms with van der Waals surface area (Å²) in [6, 6.07) is 7.83. The van der Waals surface area contributed by atoms with Gasteiger partial charge in [0.15, 0.2) is 5.96 Å². The number of aliphatic imine (C=N–C) groups is 1. The second-order valence-electron chi connectivity index (χ2n) is 5.96. The lowest BCUT2D eigenvalue weighted by Crippen LogP contribution is -2.46. The summed E-state index contributed by atoms with van der Waals surface area (Å²) in [4.78, 5) is 26.6. The summed E-state index contributed by atoms with van der Waals surface area (Å²) in [5.74, 6) is -2.42. The van der Waals surface area contributed by atoms with Crippen molar-refractivity contribution in [1.29, 1.82) is 0 Å². The zero-order chi connectivity index (χ0) is 20.3. The monoisotopic (exact) mass is 398 g/mol. The second kappa shape index (κ2) is 11.3. The van der Waals surface area contributed by atoms with Gasteiger partial charge in [0.2, 0.25) is 10.0 Å². The average Bonchev–Trinajstić information content (AvgIpc) is 2.60. The summed E-state index contributed by atoms with van der Waals surface area (Å²) in [6.45, 7) is 1.42. The van der Waals surface area contributed by atoms with Gasteiger partial charge in [0, 0.05) is 6.42 Å². The number of amides is 1. The zero-order valence-electron chi connectivity index (χ0n) is 15.2. The number of carbonyl (C=O) groups excluding carboxylic acids is 1. The van der Waals surface area contributed by atoms with Gasteiger partial charge >= 0.3 is 5.97 Å². The summed E-state index contributed by atoms with van der Waals surface area (Å²) in [6.07, 6.45) is 2.31. The Morgan fingerprint density at radius 3 is 2.48 bits per heavy atom. The fourth-order valence-electron chi connectivity index (χ4n) is 2.22. The Balaban J connectivity index is 2.57. The number of carboxylic acids is 1. The van der Waals surface area contributed by atoms with E-state index >= 15 is 0 Å². The molecule has 0 unspecified atom stereocenters. The first-order valence-electron chi connectivity index (χ1n) is 8.61. The van der Waals surface area contributed by atoms with Crippen molar-refractivity contribution in [2.75, 3.05) is 12.3 Å². The molecule has 0 aliphatic heterocycles. The molecule has 0 radical (unpaired) electrons. The number of aliphatic carboxylic acids is 1. The quantitative estimate of drug-likeness (QED) is 0.236. The second-order valence-corrected chi connectivity index (χ2v) is 7.89. The lowest BCUT2D eigenvalue weighted by atomic mass is 10.1. The van der Waals surface area contributed by atoms with Gasteiger partial charge in [0.05, 0.1) is 12.3 Å². The topological polar surface area (TPSA) is 151 Å². The number of unbranched alkanes of at least 4 members (excludes halogenated alkanes) is 2. The Labute approximate surface area is 159 Å². The third-order valence-electron chi connectivity index (χ3n) is 3.61. The largest absolute Gasteiger partial charge is 0.480 e. The highest BCUT2D eigenvalue weighted by Gasteiger charge is 2.19. The van der Waals surface area contributed by atoms with E-state index in [4.69, 9.17) is 5.73 Å². The molecular weight excluding hydrogens is 372 g/mol. The van der Waals surface area contributed by atoms with Gasteiger partial charge in [-0.15, -0.1) is 0 Å². The SMILES string of the molecule is CCCCCS(=O)(=O)NCC(=O)N=C(N)N[C@@H](Cc1ccccc1)C(=O)O. The van der Waals surface area contributed by atoms with Crippen LogP contribution < -0.4 is 15.8 Å². The van der Waals surface area contributed by atoms with Crippen molar-refractivity contribution in [3.05, 3.63) is 35.9 Å². The molecule has 5 N–H and O–H groups in total. The fraction of sp³-hybridized carbons (Fsp3) is 0.471. The van der Waals surface area contributed by atoms with Gasteiger partial charge < -0.3 is 16.2 Å². The number of guanidine groups is 1. The number of carboxylic acid groups (broad SMARTS) is 1. The number of nitrogens with one attached hydrogen (secondary N) is 2. The van der Waals surface area contributed by atoms with Gasteiger partial charge in [-0.3, -0.25) is 4.79 Å². The lowest BCUT2D eigenvalue weighted by Gasteiger charge is -2.15. The molecule has 0 aliphatic rings. The van der Waals surface area contributed by atoms with Gasteiger partial charge in [0.25, 0.3) is 5.91 Å². The van der Waals surface area contributed by atoms with Crippen LogP contribution in [-0.4, -0.2) is 49.7 Å². The minimum Gasteiger partial charge on any atom is -0.480 e. The molecular formula is C17H26N4O5S. The van der Waals surface area contributed by atoms with E-state index in [-0.39, 0.29) is 18.1 Å².